The number of carbonyl (C=O) groups is 1. The smallest absolute Gasteiger partial charge is 0.240 e. The quantitative estimate of drug-likeness (QED) is 0.543. The number of carbonyl (C=O) groups excluding carboxylic acids is 1. The van der Waals surface area contributed by atoms with Crippen molar-refractivity contribution in [1.29, 1.82) is 0 Å². The molecule has 1 saturated heterocycles. The van der Waals surface area contributed by atoms with Crippen molar-refractivity contribution >= 4 is 15.9 Å². The molecule has 8 nitrogen and oxygen atoms in total. The van der Waals surface area contributed by atoms with Crippen LogP contribution in [0.3, 0.4) is 0 Å². The highest BCUT2D eigenvalue weighted by molar-refractivity contribution is 7.89. The average molecular weight is 434 g/mol. The molecule has 0 radical (unpaired) electrons. The number of nitrogens with zero attached hydrogens (tertiary/aromatic N) is 1. The lowest BCUT2D eigenvalue weighted by molar-refractivity contribution is -0.121. The van der Waals surface area contributed by atoms with Crippen LogP contribution < -0.4 is 10.0 Å². The van der Waals surface area contributed by atoms with Crippen LogP contribution in [0.25, 0.3) is 0 Å². The van der Waals surface area contributed by atoms with Gasteiger partial charge < -0.3 is 15.2 Å². The molecule has 2 heterocycles. The van der Waals surface area contributed by atoms with Crippen LogP contribution in [0.4, 0.5) is 0 Å². The number of pyridine rings is 1. The second-order valence-corrected chi connectivity index (χ2v) is 8.95. The molecule has 1 amide bonds. The SMILES string of the molecule is O=C(Cc1ccccn1)NCC[C@H]1CC[C@@H](NS(=O)(=O)c2ccccc2)[C@H](CO)O1. The Hall–Kier alpha value is -2.33. The number of sulfonamides is 1. The zero-order valence-corrected chi connectivity index (χ0v) is 17.4. The molecule has 3 rings (SSSR count). The van der Waals surface area contributed by atoms with Crippen molar-refractivity contribution in [2.24, 2.45) is 0 Å². The van der Waals surface area contributed by atoms with Gasteiger partial charge in [-0.05, 0) is 43.5 Å². The van der Waals surface area contributed by atoms with Gasteiger partial charge in [0, 0.05) is 18.4 Å². The van der Waals surface area contributed by atoms with Crippen LogP contribution in [0.2, 0.25) is 0 Å². The lowest BCUT2D eigenvalue weighted by Crippen LogP contribution is -2.51. The number of nitrogens with one attached hydrogen (secondary N) is 2. The minimum atomic E-state index is -3.68. The Balaban J connectivity index is 1.45. The molecular weight excluding hydrogens is 406 g/mol. The van der Waals surface area contributed by atoms with Crippen molar-refractivity contribution in [2.75, 3.05) is 13.2 Å². The van der Waals surface area contributed by atoms with E-state index in [0.717, 1.165) is 0 Å². The summed E-state index contributed by atoms with van der Waals surface area (Å²) in [6.45, 7) is 0.152. The molecule has 1 aromatic carbocycles. The Bertz CT molecular complexity index is 909. The number of hydrogen-bond donors (Lipinski definition) is 3. The van der Waals surface area contributed by atoms with Gasteiger partial charge in [-0.2, -0.15) is 0 Å². The predicted molar refractivity (Wildman–Crippen MR) is 111 cm³/mol. The molecule has 0 spiro atoms. The number of ether oxygens (including phenoxy) is 1. The van der Waals surface area contributed by atoms with Gasteiger partial charge in [0.2, 0.25) is 15.9 Å². The minimum absolute atomic E-state index is 0.114. The molecule has 1 aliphatic heterocycles. The maximum absolute atomic E-state index is 12.5. The fraction of sp³-hybridized carbons (Fsp3) is 0.429. The number of aliphatic hydroxyl groups excluding tert-OH is 1. The molecule has 1 aromatic heterocycles. The van der Waals surface area contributed by atoms with E-state index in [2.05, 4.69) is 15.0 Å². The number of benzene rings is 1. The zero-order chi connectivity index (χ0) is 21.4. The van der Waals surface area contributed by atoms with Gasteiger partial charge in [0.05, 0.1) is 36.2 Å². The normalized spacial score (nSPS) is 21.8. The highest BCUT2D eigenvalue weighted by Crippen LogP contribution is 2.23. The lowest BCUT2D eigenvalue weighted by Gasteiger charge is -2.36. The number of amides is 1. The number of hydrogen-bond acceptors (Lipinski definition) is 6. The van der Waals surface area contributed by atoms with Crippen LogP contribution in [0.15, 0.2) is 59.6 Å². The number of aromatic nitrogens is 1. The topological polar surface area (TPSA) is 118 Å². The molecule has 9 heteroatoms. The third-order valence-corrected chi connectivity index (χ3v) is 6.52. The van der Waals surface area contributed by atoms with Gasteiger partial charge in [-0.15, -0.1) is 0 Å². The van der Waals surface area contributed by atoms with E-state index in [1.807, 2.05) is 6.07 Å². The molecule has 0 saturated carbocycles. The molecule has 0 aliphatic carbocycles. The van der Waals surface area contributed by atoms with E-state index in [1.54, 1.807) is 36.5 Å². The Morgan fingerprint density at radius 2 is 1.90 bits per heavy atom. The van der Waals surface area contributed by atoms with Crippen molar-refractivity contribution in [3.63, 3.8) is 0 Å². The monoisotopic (exact) mass is 433 g/mol. The van der Waals surface area contributed by atoms with E-state index in [4.69, 9.17) is 4.74 Å². The van der Waals surface area contributed by atoms with Gasteiger partial charge in [0.1, 0.15) is 0 Å². The van der Waals surface area contributed by atoms with Gasteiger partial charge in [-0.1, -0.05) is 24.3 Å². The molecule has 162 valence electrons. The highest BCUT2D eigenvalue weighted by Gasteiger charge is 2.33. The Kier molecular flexibility index (Phi) is 7.92. The van der Waals surface area contributed by atoms with E-state index in [9.17, 15) is 18.3 Å². The second-order valence-electron chi connectivity index (χ2n) is 7.23. The van der Waals surface area contributed by atoms with Gasteiger partial charge in [0.15, 0.2) is 0 Å². The summed E-state index contributed by atoms with van der Waals surface area (Å²) < 4.78 is 33.6. The van der Waals surface area contributed by atoms with E-state index in [-0.39, 0.29) is 29.9 Å². The molecule has 0 unspecified atom stereocenters. The van der Waals surface area contributed by atoms with Crippen molar-refractivity contribution < 1.29 is 23.1 Å². The third kappa shape index (κ3) is 6.33. The molecule has 30 heavy (non-hydrogen) atoms. The molecule has 2 aromatic rings. The number of rotatable bonds is 9. The zero-order valence-electron chi connectivity index (χ0n) is 16.6. The minimum Gasteiger partial charge on any atom is -0.394 e. The molecule has 1 aliphatic rings. The summed E-state index contributed by atoms with van der Waals surface area (Å²) in [5.41, 5.74) is 0.706. The van der Waals surface area contributed by atoms with E-state index >= 15 is 0 Å². The van der Waals surface area contributed by atoms with Crippen molar-refractivity contribution in [3.8, 4) is 0 Å². The van der Waals surface area contributed by atoms with Crippen LogP contribution in [-0.4, -0.2) is 55.8 Å². The highest BCUT2D eigenvalue weighted by atomic mass is 32.2. The van der Waals surface area contributed by atoms with Crippen LogP contribution in [0, 0.1) is 0 Å². The van der Waals surface area contributed by atoms with Crippen molar-refractivity contribution in [1.82, 2.24) is 15.0 Å². The van der Waals surface area contributed by atoms with Crippen molar-refractivity contribution in [2.45, 2.75) is 48.8 Å². The van der Waals surface area contributed by atoms with Crippen LogP contribution >= 0.6 is 0 Å². The van der Waals surface area contributed by atoms with Gasteiger partial charge in [0.25, 0.3) is 0 Å². The van der Waals surface area contributed by atoms with Crippen LogP contribution in [-0.2, 0) is 26.0 Å². The summed E-state index contributed by atoms with van der Waals surface area (Å²) in [5, 5.41) is 12.5. The molecule has 1 fully saturated rings. The summed E-state index contributed by atoms with van der Waals surface area (Å²) in [6, 6.07) is 13.0. The van der Waals surface area contributed by atoms with Gasteiger partial charge in [-0.25, -0.2) is 13.1 Å². The molecular formula is C21H27N3O5S. The summed E-state index contributed by atoms with van der Waals surface area (Å²) in [4.78, 5) is 16.3. The van der Waals surface area contributed by atoms with Crippen LogP contribution in [0.5, 0.6) is 0 Å². The molecule has 3 atom stereocenters. The fourth-order valence-electron chi connectivity index (χ4n) is 3.45. The third-order valence-electron chi connectivity index (χ3n) is 5.01. The predicted octanol–water partition coefficient (Wildman–Crippen LogP) is 1.02. The first-order chi connectivity index (χ1) is 14.5. The first kappa shape index (κ1) is 22.4. The fourth-order valence-corrected chi connectivity index (χ4v) is 4.77. The second kappa shape index (κ2) is 10.6. The standard InChI is InChI=1S/C21H27N3O5S/c25-15-20-19(24-30(27,28)18-7-2-1-3-8-18)10-9-17(29-20)11-13-23-21(26)14-16-6-4-5-12-22-16/h1-8,12,17,19-20,24-25H,9-11,13-15H2,(H,23,26)/t17-,19-,20+/m1/s1. The Morgan fingerprint density at radius 3 is 2.60 bits per heavy atom. The number of aliphatic hydroxyl groups is 1. The van der Waals surface area contributed by atoms with Crippen molar-refractivity contribution in [3.05, 3.63) is 60.4 Å². The average Bonchev–Trinajstić information content (AvgIpc) is 2.76. The molecule has 0 bridgehead atoms. The summed E-state index contributed by atoms with van der Waals surface area (Å²) in [7, 11) is -3.68. The first-order valence-corrected chi connectivity index (χ1v) is 11.5. The molecule has 3 N–H and O–H groups in total. The van der Waals surface area contributed by atoms with Crippen LogP contribution in [0.1, 0.15) is 25.0 Å². The van der Waals surface area contributed by atoms with E-state index < -0.39 is 22.2 Å². The Morgan fingerprint density at radius 1 is 1.13 bits per heavy atom. The first-order valence-electron chi connectivity index (χ1n) is 9.98. The van der Waals surface area contributed by atoms with E-state index in [0.29, 0.717) is 31.5 Å². The summed E-state index contributed by atoms with van der Waals surface area (Å²) in [5.74, 6) is -0.114. The summed E-state index contributed by atoms with van der Waals surface area (Å²) >= 11 is 0. The lowest BCUT2D eigenvalue weighted by atomic mass is 9.98. The maximum Gasteiger partial charge on any atom is 0.240 e. The van der Waals surface area contributed by atoms with E-state index in [1.165, 1.54) is 12.1 Å². The maximum atomic E-state index is 12.5. The Labute approximate surface area is 176 Å². The van der Waals surface area contributed by atoms with Gasteiger partial charge in [-0.3, -0.25) is 9.78 Å². The van der Waals surface area contributed by atoms with Gasteiger partial charge >= 0.3 is 0 Å². The summed E-state index contributed by atoms with van der Waals surface area (Å²) in [6.07, 6.45) is 2.84. The largest absolute Gasteiger partial charge is 0.394 e.